The van der Waals surface area contributed by atoms with E-state index < -0.39 is 68.3 Å². The Kier molecular flexibility index (Phi) is 12.0. The number of hydrogen-bond donors (Lipinski definition) is 1. The highest BCUT2D eigenvalue weighted by molar-refractivity contribution is 7.48. The quantitative estimate of drug-likeness (QED) is 0.135. The van der Waals surface area contributed by atoms with Crippen molar-refractivity contribution in [2.75, 3.05) is 25.1 Å². The SMILES string of the molecule is CCCCCOC(=O)Nc1ccn([C@@H]2O[C@H](COP3(=O)OCC[C@@H](c4cccc(Cl)c4)O3)[C@@H](OC(C)=O)[C@@]2(C)OC(C)=O)c(=O)n1. The van der Waals surface area contributed by atoms with Crippen molar-refractivity contribution < 1.29 is 51.5 Å². The van der Waals surface area contributed by atoms with Crippen molar-refractivity contribution in [3.05, 3.63) is 57.6 Å². The maximum atomic E-state index is 13.5. The van der Waals surface area contributed by atoms with Crippen LogP contribution in [0.4, 0.5) is 10.6 Å². The van der Waals surface area contributed by atoms with E-state index in [0.717, 1.165) is 31.3 Å². The third-order valence-electron chi connectivity index (χ3n) is 7.15. The fraction of sp³-hybridized carbons (Fsp3) is 0.552. The van der Waals surface area contributed by atoms with Gasteiger partial charge in [0.2, 0.25) is 0 Å². The Balaban J connectivity index is 1.55. The molecule has 4 rings (SSSR count). The zero-order valence-electron chi connectivity index (χ0n) is 25.8. The van der Waals surface area contributed by atoms with E-state index in [1.807, 2.05) is 6.92 Å². The second-order valence-electron chi connectivity index (χ2n) is 10.8. The highest BCUT2D eigenvalue weighted by atomic mass is 35.5. The van der Waals surface area contributed by atoms with Crippen LogP contribution >= 0.6 is 19.4 Å². The van der Waals surface area contributed by atoms with E-state index in [4.69, 9.17) is 44.1 Å². The number of hydrogen-bond acceptors (Lipinski definition) is 13. The molecule has 17 heteroatoms. The first-order valence-corrected chi connectivity index (χ1v) is 16.6. The van der Waals surface area contributed by atoms with Gasteiger partial charge in [0, 0.05) is 31.5 Å². The number of aromatic nitrogens is 2. The number of halogens is 1. The first kappa shape index (κ1) is 35.5. The third-order valence-corrected chi connectivity index (χ3v) is 8.86. The molecule has 1 N–H and O–H groups in total. The van der Waals surface area contributed by atoms with Crippen molar-refractivity contribution in [2.45, 2.75) is 83.5 Å². The van der Waals surface area contributed by atoms with Gasteiger partial charge in [0.05, 0.1) is 25.9 Å². The molecule has 2 fully saturated rings. The van der Waals surface area contributed by atoms with Gasteiger partial charge in [0.15, 0.2) is 17.9 Å². The third kappa shape index (κ3) is 8.93. The summed E-state index contributed by atoms with van der Waals surface area (Å²) in [5, 5.41) is 2.86. The summed E-state index contributed by atoms with van der Waals surface area (Å²) in [7, 11) is -4.17. The van der Waals surface area contributed by atoms with Crippen LogP contribution in [0.1, 0.15) is 71.3 Å². The Labute approximate surface area is 270 Å². The van der Waals surface area contributed by atoms with Gasteiger partial charge in [-0.15, -0.1) is 0 Å². The Morgan fingerprint density at radius 1 is 1.20 bits per heavy atom. The number of phosphoric acid groups is 1. The molecule has 252 valence electrons. The minimum Gasteiger partial charge on any atom is -0.455 e. The molecule has 2 saturated heterocycles. The van der Waals surface area contributed by atoms with Gasteiger partial charge in [-0.05, 0) is 37.1 Å². The molecule has 2 aliphatic heterocycles. The minimum atomic E-state index is -4.17. The number of amides is 1. The van der Waals surface area contributed by atoms with E-state index in [2.05, 4.69) is 10.3 Å². The summed E-state index contributed by atoms with van der Waals surface area (Å²) < 4.78 is 53.5. The highest BCUT2D eigenvalue weighted by Gasteiger charge is 2.60. The monoisotopic (exact) mass is 685 g/mol. The molecule has 2 aromatic rings. The molecule has 3 heterocycles. The van der Waals surface area contributed by atoms with Crippen molar-refractivity contribution in [1.29, 1.82) is 0 Å². The largest absolute Gasteiger partial charge is 0.475 e. The predicted molar refractivity (Wildman–Crippen MR) is 162 cm³/mol. The number of carbonyl (C=O) groups is 3. The summed E-state index contributed by atoms with van der Waals surface area (Å²) in [6.07, 6.45) is -1.23. The van der Waals surface area contributed by atoms with Crippen LogP contribution in [0.5, 0.6) is 0 Å². The average Bonchev–Trinajstić information content (AvgIpc) is 3.23. The lowest BCUT2D eigenvalue weighted by atomic mass is 9.95. The lowest BCUT2D eigenvalue weighted by Crippen LogP contribution is -2.51. The summed E-state index contributed by atoms with van der Waals surface area (Å²) in [6, 6.07) is 8.18. The molecule has 0 bridgehead atoms. The zero-order chi connectivity index (χ0) is 33.5. The summed E-state index contributed by atoms with van der Waals surface area (Å²) in [6.45, 7) is 5.44. The van der Waals surface area contributed by atoms with E-state index in [1.165, 1.54) is 19.2 Å². The number of phosphoric ester groups is 1. The molecule has 15 nitrogen and oxygen atoms in total. The number of unbranched alkanes of at least 4 members (excludes halogenated alkanes) is 2. The number of esters is 2. The Morgan fingerprint density at radius 2 is 1.98 bits per heavy atom. The Hall–Kier alpha value is -3.33. The van der Waals surface area contributed by atoms with Gasteiger partial charge in [-0.2, -0.15) is 4.98 Å². The van der Waals surface area contributed by atoms with Crippen molar-refractivity contribution in [2.24, 2.45) is 0 Å². The minimum absolute atomic E-state index is 0.0505. The first-order valence-electron chi connectivity index (χ1n) is 14.7. The average molecular weight is 686 g/mol. The lowest BCUT2D eigenvalue weighted by Gasteiger charge is -2.34. The van der Waals surface area contributed by atoms with Crippen molar-refractivity contribution in [1.82, 2.24) is 9.55 Å². The maximum absolute atomic E-state index is 13.5. The van der Waals surface area contributed by atoms with E-state index in [9.17, 15) is 23.7 Å². The van der Waals surface area contributed by atoms with Crippen molar-refractivity contribution in [3.63, 3.8) is 0 Å². The molecule has 6 atom stereocenters. The number of rotatable bonds is 12. The second-order valence-corrected chi connectivity index (χ2v) is 12.9. The van der Waals surface area contributed by atoms with Gasteiger partial charge >= 0.3 is 31.5 Å². The number of nitrogens with zero attached hydrogens (tertiary/aromatic N) is 2. The molecule has 2 aliphatic rings. The molecule has 1 unspecified atom stereocenters. The first-order chi connectivity index (χ1) is 21.8. The van der Waals surface area contributed by atoms with Crippen molar-refractivity contribution >= 4 is 43.3 Å². The van der Waals surface area contributed by atoms with Crippen LogP contribution in [0, 0.1) is 0 Å². The van der Waals surface area contributed by atoms with E-state index in [0.29, 0.717) is 23.4 Å². The van der Waals surface area contributed by atoms with E-state index in [-0.39, 0.29) is 19.0 Å². The van der Waals surface area contributed by atoms with Gasteiger partial charge in [0.1, 0.15) is 11.9 Å². The number of carbonyl (C=O) groups excluding carboxylic acids is 3. The zero-order valence-corrected chi connectivity index (χ0v) is 27.5. The van der Waals surface area contributed by atoms with Crippen LogP contribution < -0.4 is 11.0 Å². The molecular weight excluding hydrogens is 649 g/mol. The van der Waals surface area contributed by atoms with E-state index >= 15 is 0 Å². The smallest absolute Gasteiger partial charge is 0.455 e. The van der Waals surface area contributed by atoms with Crippen LogP contribution in [0.15, 0.2) is 41.3 Å². The lowest BCUT2D eigenvalue weighted by molar-refractivity contribution is -0.185. The summed E-state index contributed by atoms with van der Waals surface area (Å²) >= 11 is 6.10. The second kappa shape index (κ2) is 15.5. The van der Waals surface area contributed by atoms with Gasteiger partial charge in [-0.1, -0.05) is 43.5 Å². The van der Waals surface area contributed by atoms with Gasteiger partial charge < -0.3 is 18.9 Å². The number of ether oxygens (including phenoxy) is 4. The van der Waals surface area contributed by atoms with Gasteiger partial charge in [0.25, 0.3) is 0 Å². The summed E-state index contributed by atoms with van der Waals surface area (Å²) in [5.74, 6) is -1.61. The Morgan fingerprint density at radius 3 is 2.65 bits per heavy atom. The van der Waals surface area contributed by atoms with E-state index in [1.54, 1.807) is 24.3 Å². The fourth-order valence-corrected chi connectivity index (χ4v) is 6.73. The Bertz CT molecular complexity index is 1520. The molecule has 0 aliphatic carbocycles. The molecule has 46 heavy (non-hydrogen) atoms. The van der Waals surface area contributed by atoms with Crippen LogP contribution in [0.25, 0.3) is 0 Å². The number of benzene rings is 1. The normalized spacial score (nSPS) is 27.5. The van der Waals surface area contributed by atoms with Crippen LogP contribution in [-0.2, 0) is 46.7 Å². The van der Waals surface area contributed by atoms with Crippen LogP contribution in [0.3, 0.4) is 0 Å². The van der Waals surface area contributed by atoms with Crippen LogP contribution in [-0.4, -0.2) is 65.2 Å². The fourth-order valence-electron chi connectivity index (χ4n) is 5.14. The summed E-state index contributed by atoms with van der Waals surface area (Å²) in [4.78, 5) is 53.6. The molecule has 0 radical (unpaired) electrons. The maximum Gasteiger partial charge on any atom is 0.475 e. The molecule has 0 spiro atoms. The van der Waals surface area contributed by atoms with Gasteiger partial charge in [-0.25, -0.2) is 14.2 Å². The van der Waals surface area contributed by atoms with Gasteiger partial charge in [-0.3, -0.25) is 33.0 Å². The summed E-state index contributed by atoms with van der Waals surface area (Å²) in [5.41, 5.74) is -2.02. The number of anilines is 1. The molecule has 1 amide bonds. The molecule has 1 aromatic carbocycles. The van der Waals surface area contributed by atoms with Crippen LogP contribution in [0.2, 0.25) is 5.02 Å². The predicted octanol–water partition coefficient (Wildman–Crippen LogP) is 5.09. The number of nitrogens with one attached hydrogen (secondary N) is 1. The standard InChI is InChI=1S/C29H37ClN3O12P/c1-5-6-7-14-39-28(37)32-24-11-13-33(27(36)31-24)26-29(4,44-19(3)35)25(42-18(2)34)23(43-26)17-41-46(38)40-15-12-22(45-46)20-9-8-10-21(30)16-20/h8-11,13,16,22-23,25-26H,5-7,12,14-15,17H2,1-4H3,(H,31,32,36,37)/t22-,23+,25+,26+,29+,46?/m0/s1. The van der Waals surface area contributed by atoms with Crippen molar-refractivity contribution in [3.8, 4) is 0 Å². The topological polar surface area (TPSA) is 180 Å². The molecule has 0 saturated carbocycles. The highest BCUT2D eigenvalue weighted by Crippen LogP contribution is 2.57. The molecular formula is C29H37ClN3O12P. The molecule has 1 aromatic heterocycles.